The van der Waals surface area contributed by atoms with Gasteiger partial charge in [0.25, 0.3) is 0 Å². The van der Waals surface area contributed by atoms with Gasteiger partial charge in [0.2, 0.25) is 10.0 Å². The summed E-state index contributed by atoms with van der Waals surface area (Å²) in [5.41, 5.74) is 1.77. The molecule has 5 nitrogen and oxygen atoms in total. The number of benzene rings is 1. The fourth-order valence-electron chi connectivity index (χ4n) is 4.28. The molecular formula is C19H25N3O2S. The Hall–Kier alpha value is -1.50. The van der Waals surface area contributed by atoms with E-state index in [9.17, 15) is 8.42 Å². The van der Waals surface area contributed by atoms with Gasteiger partial charge in [0.15, 0.2) is 0 Å². The standard InChI is InChI=1S/C19H25N3O2S/c1-14-6-7-18(16-4-2-11-21-19(14)16)25(23,24)22-12-8-15(9-13-22)17-5-3-10-20-17/h2,4,6-7,11,15,17,20H,3,5,8-10,12-13H2,1H3. The average Bonchev–Trinajstić information content (AvgIpc) is 3.17. The van der Waals surface area contributed by atoms with Gasteiger partial charge in [0, 0.05) is 30.7 Å². The van der Waals surface area contributed by atoms with Crippen molar-refractivity contribution in [2.45, 2.75) is 43.5 Å². The molecule has 0 aliphatic carbocycles. The van der Waals surface area contributed by atoms with E-state index in [0.29, 0.717) is 29.9 Å². The van der Waals surface area contributed by atoms with Crippen molar-refractivity contribution < 1.29 is 8.42 Å². The van der Waals surface area contributed by atoms with Crippen molar-refractivity contribution in [3.8, 4) is 0 Å². The van der Waals surface area contributed by atoms with Crippen LogP contribution < -0.4 is 5.32 Å². The van der Waals surface area contributed by atoms with Gasteiger partial charge < -0.3 is 5.32 Å². The zero-order chi connectivity index (χ0) is 17.4. The number of hydrogen-bond acceptors (Lipinski definition) is 4. The molecule has 1 N–H and O–H groups in total. The zero-order valence-corrected chi connectivity index (χ0v) is 15.4. The second kappa shape index (κ2) is 6.67. The fourth-order valence-corrected chi connectivity index (χ4v) is 5.94. The largest absolute Gasteiger partial charge is 0.314 e. The summed E-state index contributed by atoms with van der Waals surface area (Å²) in [5.74, 6) is 0.602. The van der Waals surface area contributed by atoms with Gasteiger partial charge in [0.1, 0.15) is 0 Å². The Morgan fingerprint density at radius 2 is 1.96 bits per heavy atom. The summed E-state index contributed by atoms with van der Waals surface area (Å²) in [6.45, 7) is 4.29. The van der Waals surface area contributed by atoms with Crippen molar-refractivity contribution in [1.82, 2.24) is 14.6 Å². The van der Waals surface area contributed by atoms with Crippen molar-refractivity contribution in [3.05, 3.63) is 36.0 Å². The van der Waals surface area contributed by atoms with Gasteiger partial charge in [-0.05, 0) is 68.8 Å². The van der Waals surface area contributed by atoms with Crippen LogP contribution in [0.2, 0.25) is 0 Å². The third-order valence-electron chi connectivity index (χ3n) is 5.72. The monoisotopic (exact) mass is 359 g/mol. The molecule has 1 aromatic heterocycles. The molecule has 1 unspecified atom stereocenters. The Kier molecular flexibility index (Phi) is 4.52. The summed E-state index contributed by atoms with van der Waals surface area (Å²) >= 11 is 0. The van der Waals surface area contributed by atoms with Crippen LogP contribution in [0.5, 0.6) is 0 Å². The molecular weight excluding hydrogens is 334 g/mol. The molecule has 1 atom stereocenters. The third-order valence-corrected chi connectivity index (χ3v) is 7.67. The molecule has 2 aliphatic heterocycles. The number of aromatic nitrogens is 1. The highest BCUT2D eigenvalue weighted by molar-refractivity contribution is 7.89. The van der Waals surface area contributed by atoms with Crippen LogP contribution in [0.15, 0.2) is 35.4 Å². The SMILES string of the molecule is Cc1ccc(S(=O)(=O)N2CCC(C3CCCN3)CC2)c2cccnc12. The van der Waals surface area contributed by atoms with Gasteiger partial charge in [-0.15, -0.1) is 0 Å². The lowest BCUT2D eigenvalue weighted by Crippen LogP contribution is -2.43. The summed E-state index contributed by atoms with van der Waals surface area (Å²) in [4.78, 5) is 4.76. The Labute approximate surface area is 149 Å². The predicted octanol–water partition coefficient (Wildman–Crippen LogP) is 2.70. The molecule has 25 heavy (non-hydrogen) atoms. The number of hydrogen-bond donors (Lipinski definition) is 1. The van der Waals surface area contributed by atoms with Crippen molar-refractivity contribution in [2.24, 2.45) is 5.92 Å². The van der Waals surface area contributed by atoms with E-state index in [1.165, 1.54) is 12.8 Å². The minimum absolute atomic E-state index is 0.388. The minimum Gasteiger partial charge on any atom is -0.314 e. The molecule has 0 bridgehead atoms. The number of rotatable bonds is 3. The van der Waals surface area contributed by atoms with Crippen molar-refractivity contribution >= 4 is 20.9 Å². The van der Waals surface area contributed by atoms with E-state index < -0.39 is 10.0 Å². The molecule has 2 aliphatic rings. The van der Waals surface area contributed by atoms with Crippen molar-refractivity contribution in [2.75, 3.05) is 19.6 Å². The fraction of sp³-hybridized carbons (Fsp3) is 0.526. The van der Waals surface area contributed by atoms with Crippen LogP contribution >= 0.6 is 0 Å². The molecule has 0 amide bonds. The van der Waals surface area contributed by atoms with E-state index in [1.54, 1.807) is 22.6 Å². The molecule has 3 heterocycles. The highest BCUT2D eigenvalue weighted by atomic mass is 32.2. The van der Waals surface area contributed by atoms with Crippen LogP contribution in [-0.2, 0) is 10.0 Å². The van der Waals surface area contributed by atoms with Crippen LogP contribution in [0, 0.1) is 12.8 Å². The maximum Gasteiger partial charge on any atom is 0.243 e. The maximum atomic E-state index is 13.2. The molecule has 134 valence electrons. The first-order valence-electron chi connectivity index (χ1n) is 9.15. The summed E-state index contributed by atoms with van der Waals surface area (Å²) in [6.07, 6.45) is 6.07. The van der Waals surface area contributed by atoms with Crippen LogP contribution in [-0.4, -0.2) is 43.4 Å². The topological polar surface area (TPSA) is 62.3 Å². The highest BCUT2D eigenvalue weighted by Crippen LogP contribution is 2.31. The van der Waals surface area contributed by atoms with E-state index >= 15 is 0 Å². The summed E-state index contributed by atoms with van der Waals surface area (Å²) in [7, 11) is -3.48. The average molecular weight is 359 g/mol. The molecule has 0 radical (unpaired) electrons. The Bertz CT molecular complexity index is 867. The Morgan fingerprint density at radius 1 is 1.16 bits per heavy atom. The van der Waals surface area contributed by atoms with Gasteiger partial charge in [0.05, 0.1) is 10.4 Å². The zero-order valence-electron chi connectivity index (χ0n) is 14.6. The number of sulfonamides is 1. The highest BCUT2D eigenvalue weighted by Gasteiger charge is 2.34. The van der Waals surface area contributed by atoms with Gasteiger partial charge in [-0.3, -0.25) is 4.98 Å². The molecule has 2 saturated heterocycles. The first-order chi connectivity index (χ1) is 12.1. The quantitative estimate of drug-likeness (QED) is 0.915. The number of fused-ring (bicyclic) bond motifs is 1. The molecule has 0 spiro atoms. The van der Waals surface area contributed by atoms with Crippen LogP contribution in [0.3, 0.4) is 0 Å². The number of nitrogens with one attached hydrogen (secondary N) is 1. The number of pyridine rings is 1. The second-order valence-electron chi connectivity index (χ2n) is 7.22. The van der Waals surface area contributed by atoms with E-state index in [-0.39, 0.29) is 0 Å². The van der Waals surface area contributed by atoms with E-state index in [4.69, 9.17) is 0 Å². The van der Waals surface area contributed by atoms with E-state index in [1.807, 2.05) is 19.1 Å². The first-order valence-corrected chi connectivity index (χ1v) is 10.6. The summed E-state index contributed by atoms with van der Waals surface area (Å²) < 4.78 is 28.1. The van der Waals surface area contributed by atoms with Gasteiger partial charge in [-0.1, -0.05) is 6.07 Å². The van der Waals surface area contributed by atoms with E-state index in [0.717, 1.165) is 35.9 Å². The van der Waals surface area contributed by atoms with Crippen molar-refractivity contribution in [3.63, 3.8) is 0 Å². The van der Waals surface area contributed by atoms with Crippen LogP contribution in [0.1, 0.15) is 31.2 Å². The molecule has 0 saturated carbocycles. The van der Waals surface area contributed by atoms with Gasteiger partial charge in [-0.2, -0.15) is 4.31 Å². The van der Waals surface area contributed by atoms with Gasteiger partial charge in [-0.25, -0.2) is 8.42 Å². The molecule has 2 aromatic rings. The first kappa shape index (κ1) is 16.9. The number of aryl methyl sites for hydroxylation is 1. The van der Waals surface area contributed by atoms with Crippen LogP contribution in [0.4, 0.5) is 0 Å². The molecule has 2 fully saturated rings. The summed E-state index contributed by atoms with van der Waals surface area (Å²) in [6, 6.07) is 7.83. The normalized spacial score (nSPS) is 23.3. The smallest absolute Gasteiger partial charge is 0.243 e. The van der Waals surface area contributed by atoms with Gasteiger partial charge >= 0.3 is 0 Å². The maximum absolute atomic E-state index is 13.2. The molecule has 6 heteroatoms. The lowest BCUT2D eigenvalue weighted by Gasteiger charge is -2.34. The molecule has 4 rings (SSSR count). The van der Waals surface area contributed by atoms with Crippen molar-refractivity contribution in [1.29, 1.82) is 0 Å². The third kappa shape index (κ3) is 3.07. The van der Waals surface area contributed by atoms with E-state index in [2.05, 4.69) is 10.3 Å². The summed E-state index contributed by atoms with van der Waals surface area (Å²) in [5, 5.41) is 4.29. The number of nitrogens with zero attached hydrogens (tertiary/aromatic N) is 2. The second-order valence-corrected chi connectivity index (χ2v) is 9.13. The molecule has 1 aromatic carbocycles. The Balaban J connectivity index is 1.60. The predicted molar refractivity (Wildman–Crippen MR) is 99.0 cm³/mol. The lowest BCUT2D eigenvalue weighted by atomic mass is 9.89. The lowest BCUT2D eigenvalue weighted by molar-refractivity contribution is 0.234. The minimum atomic E-state index is -3.48. The number of piperidine rings is 1. The van der Waals surface area contributed by atoms with Crippen LogP contribution in [0.25, 0.3) is 10.9 Å². The Morgan fingerprint density at radius 3 is 2.68 bits per heavy atom.